The summed E-state index contributed by atoms with van der Waals surface area (Å²) in [5, 5.41) is 16.9. The molecule has 0 aliphatic carbocycles. The van der Waals surface area contributed by atoms with Gasteiger partial charge in [-0.05, 0) is 17.0 Å². The number of methoxy groups -OCH3 is 1. The van der Waals surface area contributed by atoms with Crippen molar-refractivity contribution in [3.8, 4) is 0 Å². The lowest BCUT2D eigenvalue weighted by molar-refractivity contribution is -0.757. The monoisotopic (exact) mass is 544 g/mol. The van der Waals surface area contributed by atoms with Gasteiger partial charge in [-0.15, -0.1) is 10.1 Å². The van der Waals surface area contributed by atoms with Crippen LogP contribution in [0.25, 0.3) is 0 Å². The molecule has 0 bridgehead atoms. The SMILES string of the molecule is COC(=O)[C@@H](NC(=O)[C@H](CO[N+](=O)[O-])NC(=O)[C@H](Cc1ccccc1)NC(=O)OCc1ccccc1)C(C)C. The average Bonchev–Trinajstić information content (AvgIpc) is 2.92. The summed E-state index contributed by atoms with van der Waals surface area (Å²) >= 11 is 0. The predicted octanol–water partition coefficient (Wildman–Crippen LogP) is 1.53. The van der Waals surface area contributed by atoms with Crippen LogP contribution < -0.4 is 16.0 Å². The molecular formula is C26H32N4O9. The molecule has 210 valence electrons. The van der Waals surface area contributed by atoms with E-state index in [1.807, 2.05) is 6.07 Å². The molecule has 3 atom stereocenters. The van der Waals surface area contributed by atoms with Crippen molar-refractivity contribution < 1.29 is 38.6 Å². The van der Waals surface area contributed by atoms with E-state index in [-0.39, 0.29) is 18.9 Å². The summed E-state index contributed by atoms with van der Waals surface area (Å²) in [6.07, 6.45) is -0.864. The Labute approximate surface area is 225 Å². The summed E-state index contributed by atoms with van der Waals surface area (Å²) in [5.74, 6) is -2.87. The standard InChI is InChI=1S/C26H32N4O9/c1-17(2)22(25(33)37-3)29-24(32)21(16-39-30(35)36)27-23(31)20(14-18-10-6-4-7-11-18)28-26(34)38-15-19-12-8-5-9-13-19/h4-13,17,20-22H,14-16H2,1-3H3,(H,27,31)(H,28,34)(H,29,32)/t20-,21-,22-/m0/s1. The Hall–Kier alpha value is -4.68. The fourth-order valence-corrected chi connectivity index (χ4v) is 3.44. The molecule has 2 aromatic rings. The number of benzene rings is 2. The Kier molecular flexibility index (Phi) is 12.2. The molecule has 0 aliphatic rings. The van der Waals surface area contributed by atoms with Crippen LogP contribution in [0.5, 0.6) is 0 Å². The number of hydrogen-bond acceptors (Lipinski definition) is 9. The number of carbonyl (C=O) groups is 4. The molecule has 0 aliphatic heterocycles. The first-order valence-corrected chi connectivity index (χ1v) is 12.1. The third-order valence-corrected chi connectivity index (χ3v) is 5.50. The fraction of sp³-hybridized carbons (Fsp3) is 0.385. The highest BCUT2D eigenvalue weighted by Crippen LogP contribution is 2.08. The van der Waals surface area contributed by atoms with Gasteiger partial charge in [0.15, 0.2) is 0 Å². The maximum absolute atomic E-state index is 13.2. The van der Waals surface area contributed by atoms with Crippen LogP contribution in [-0.2, 0) is 41.7 Å². The minimum Gasteiger partial charge on any atom is -0.467 e. The number of hydrogen-bond donors (Lipinski definition) is 3. The van der Waals surface area contributed by atoms with Gasteiger partial charge in [-0.3, -0.25) is 9.59 Å². The zero-order valence-electron chi connectivity index (χ0n) is 21.8. The molecule has 3 amide bonds. The van der Waals surface area contributed by atoms with Crippen molar-refractivity contribution in [3.63, 3.8) is 0 Å². The van der Waals surface area contributed by atoms with E-state index in [2.05, 4.69) is 20.8 Å². The summed E-state index contributed by atoms with van der Waals surface area (Å²) in [7, 11) is 1.15. The lowest BCUT2D eigenvalue weighted by atomic mass is 10.0. The average molecular weight is 545 g/mol. The highest BCUT2D eigenvalue weighted by Gasteiger charge is 2.32. The van der Waals surface area contributed by atoms with Crippen LogP contribution in [0, 0.1) is 16.0 Å². The van der Waals surface area contributed by atoms with Crippen molar-refractivity contribution in [1.29, 1.82) is 0 Å². The number of rotatable bonds is 14. The molecule has 0 spiro atoms. The van der Waals surface area contributed by atoms with Crippen LogP contribution in [0.3, 0.4) is 0 Å². The van der Waals surface area contributed by atoms with Gasteiger partial charge in [-0.1, -0.05) is 74.5 Å². The molecule has 0 radical (unpaired) electrons. The van der Waals surface area contributed by atoms with Crippen molar-refractivity contribution in [3.05, 3.63) is 81.9 Å². The fourth-order valence-electron chi connectivity index (χ4n) is 3.44. The molecule has 0 saturated heterocycles. The van der Waals surface area contributed by atoms with E-state index < -0.39 is 53.7 Å². The quantitative estimate of drug-likeness (QED) is 0.181. The Morgan fingerprint density at radius 1 is 0.846 bits per heavy atom. The molecule has 3 N–H and O–H groups in total. The van der Waals surface area contributed by atoms with E-state index in [0.717, 1.165) is 12.7 Å². The first-order chi connectivity index (χ1) is 18.6. The van der Waals surface area contributed by atoms with Crippen molar-refractivity contribution in [2.75, 3.05) is 13.7 Å². The van der Waals surface area contributed by atoms with Gasteiger partial charge in [-0.25, -0.2) is 9.59 Å². The van der Waals surface area contributed by atoms with Crippen LogP contribution in [-0.4, -0.2) is 60.8 Å². The second-order valence-corrected chi connectivity index (χ2v) is 8.78. The van der Waals surface area contributed by atoms with Crippen LogP contribution in [0.2, 0.25) is 0 Å². The molecule has 2 rings (SSSR count). The second kappa shape index (κ2) is 15.5. The zero-order valence-corrected chi connectivity index (χ0v) is 21.8. The Balaban J connectivity index is 2.19. The third-order valence-electron chi connectivity index (χ3n) is 5.50. The maximum Gasteiger partial charge on any atom is 0.408 e. The Morgan fingerprint density at radius 2 is 1.41 bits per heavy atom. The van der Waals surface area contributed by atoms with E-state index in [4.69, 9.17) is 9.47 Å². The minimum absolute atomic E-state index is 0.0221. The van der Waals surface area contributed by atoms with Gasteiger partial charge in [0.25, 0.3) is 5.09 Å². The number of esters is 1. The lowest BCUT2D eigenvalue weighted by Crippen LogP contribution is -2.58. The molecule has 0 unspecified atom stereocenters. The molecule has 39 heavy (non-hydrogen) atoms. The summed E-state index contributed by atoms with van der Waals surface area (Å²) in [5.41, 5.74) is 1.42. The topological polar surface area (TPSA) is 175 Å². The van der Waals surface area contributed by atoms with E-state index in [9.17, 15) is 29.3 Å². The van der Waals surface area contributed by atoms with Gasteiger partial charge in [0, 0.05) is 6.42 Å². The number of carbonyl (C=O) groups excluding carboxylic acids is 4. The first kappa shape index (κ1) is 30.5. The molecule has 0 fully saturated rings. The molecule has 13 nitrogen and oxygen atoms in total. The second-order valence-electron chi connectivity index (χ2n) is 8.78. The number of nitrogens with zero attached hydrogens (tertiary/aromatic N) is 1. The zero-order chi connectivity index (χ0) is 28.8. The number of nitrogens with one attached hydrogen (secondary N) is 3. The van der Waals surface area contributed by atoms with Gasteiger partial charge in [-0.2, -0.15) is 0 Å². The highest BCUT2D eigenvalue weighted by atomic mass is 16.9. The van der Waals surface area contributed by atoms with E-state index in [0.29, 0.717) is 5.56 Å². The van der Waals surface area contributed by atoms with E-state index >= 15 is 0 Å². The van der Waals surface area contributed by atoms with Crippen molar-refractivity contribution in [1.82, 2.24) is 16.0 Å². The molecule has 2 aromatic carbocycles. The minimum atomic E-state index is -1.57. The third kappa shape index (κ3) is 10.7. The smallest absolute Gasteiger partial charge is 0.408 e. The van der Waals surface area contributed by atoms with Gasteiger partial charge in [0.2, 0.25) is 11.8 Å². The molecule has 13 heteroatoms. The number of alkyl carbamates (subject to hydrolysis) is 1. The number of ether oxygens (including phenoxy) is 2. The van der Waals surface area contributed by atoms with Crippen LogP contribution in [0.1, 0.15) is 25.0 Å². The highest BCUT2D eigenvalue weighted by molar-refractivity contribution is 5.93. The summed E-state index contributed by atoms with van der Waals surface area (Å²) in [6, 6.07) is 13.8. The van der Waals surface area contributed by atoms with E-state index in [1.165, 1.54) is 0 Å². The normalized spacial score (nSPS) is 12.8. The van der Waals surface area contributed by atoms with Crippen molar-refractivity contribution >= 4 is 23.9 Å². The Morgan fingerprint density at radius 3 is 1.95 bits per heavy atom. The molecule has 0 heterocycles. The van der Waals surface area contributed by atoms with Crippen LogP contribution >= 0.6 is 0 Å². The Bertz CT molecular complexity index is 1110. The number of amides is 3. The van der Waals surface area contributed by atoms with Crippen molar-refractivity contribution in [2.24, 2.45) is 5.92 Å². The maximum atomic E-state index is 13.2. The lowest BCUT2D eigenvalue weighted by Gasteiger charge is -2.25. The predicted molar refractivity (Wildman–Crippen MR) is 137 cm³/mol. The summed E-state index contributed by atoms with van der Waals surface area (Å²) in [4.78, 5) is 65.9. The van der Waals surface area contributed by atoms with Crippen molar-refractivity contribution in [2.45, 2.75) is 45.0 Å². The van der Waals surface area contributed by atoms with Gasteiger partial charge in [0.05, 0.1) is 7.11 Å². The van der Waals surface area contributed by atoms with Gasteiger partial charge in [0.1, 0.15) is 31.3 Å². The first-order valence-electron chi connectivity index (χ1n) is 12.1. The molecule has 0 aromatic heterocycles. The summed E-state index contributed by atoms with van der Waals surface area (Å²) in [6.45, 7) is 2.43. The molecule has 0 saturated carbocycles. The van der Waals surface area contributed by atoms with E-state index in [1.54, 1.807) is 68.4 Å². The van der Waals surface area contributed by atoms with Crippen LogP contribution in [0.4, 0.5) is 4.79 Å². The molecular weight excluding hydrogens is 512 g/mol. The largest absolute Gasteiger partial charge is 0.467 e. The summed E-state index contributed by atoms with van der Waals surface area (Å²) < 4.78 is 9.92. The van der Waals surface area contributed by atoms with Gasteiger partial charge >= 0.3 is 12.1 Å². The van der Waals surface area contributed by atoms with Gasteiger partial charge < -0.3 is 30.3 Å². The van der Waals surface area contributed by atoms with Crippen LogP contribution in [0.15, 0.2) is 60.7 Å².